The number of nitrogens with zero attached hydrogens (tertiary/aromatic N) is 6. The Balaban J connectivity index is 1.38. The zero-order chi connectivity index (χ0) is 23.1. The molecule has 163 valence electrons. The van der Waals surface area contributed by atoms with Crippen LogP contribution in [0.2, 0.25) is 0 Å². The second-order valence-corrected chi connectivity index (χ2v) is 10.4. The zero-order valence-electron chi connectivity index (χ0n) is 18.7. The highest BCUT2D eigenvalue weighted by Crippen LogP contribution is 2.26. The van der Waals surface area contributed by atoms with Crippen LogP contribution in [0.15, 0.2) is 56.6 Å². The average molecular weight is 477 g/mol. The first-order valence-electron chi connectivity index (χ1n) is 11.2. The molecule has 0 spiro atoms. The van der Waals surface area contributed by atoms with E-state index in [-0.39, 0.29) is 0 Å². The van der Waals surface area contributed by atoms with Crippen molar-refractivity contribution in [2.24, 2.45) is 20.0 Å². The van der Waals surface area contributed by atoms with Crippen LogP contribution in [0, 0.1) is 0 Å². The first-order valence-corrected chi connectivity index (χ1v) is 12.8. The molecule has 6 heterocycles. The zero-order valence-corrected chi connectivity index (χ0v) is 20.3. The van der Waals surface area contributed by atoms with Crippen LogP contribution < -0.4 is 21.4 Å². The lowest BCUT2D eigenvalue weighted by molar-refractivity contribution is 1.02. The van der Waals surface area contributed by atoms with Crippen molar-refractivity contribution in [2.45, 2.75) is 26.1 Å². The van der Waals surface area contributed by atoms with Gasteiger partial charge >= 0.3 is 0 Å². The predicted molar refractivity (Wildman–Crippen MR) is 137 cm³/mol. The third kappa shape index (κ3) is 3.75. The fourth-order valence-electron chi connectivity index (χ4n) is 4.31. The molecule has 0 fully saturated rings. The van der Waals surface area contributed by atoms with Gasteiger partial charge in [0.05, 0.1) is 27.6 Å². The molecule has 4 aromatic rings. The molecule has 2 aliphatic heterocycles. The van der Waals surface area contributed by atoms with E-state index < -0.39 is 0 Å². The Morgan fingerprint density at radius 3 is 1.82 bits per heavy atom. The van der Waals surface area contributed by atoms with Crippen LogP contribution in [0.5, 0.6) is 0 Å². The van der Waals surface area contributed by atoms with Crippen molar-refractivity contribution in [2.75, 3.05) is 13.3 Å². The van der Waals surface area contributed by atoms with E-state index in [1.54, 1.807) is 29.8 Å². The first kappa shape index (κ1) is 21.6. The van der Waals surface area contributed by atoms with Gasteiger partial charge in [0.25, 0.3) is 0 Å². The highest BCUT2D eigenvalue weighted by molar-refractivity contribution is 7.16. The third-order valence-corrected chi connectivity index (χ3v) is 8.31. The van der Waals surface area contributed by atoms with E-state index in [4.69, 9.17) is 27.7 Å². The minimum Gasteiger partial charge on any atom is -0.259 e. The van der Waals surface area contributed by atoms with E-state index in [2.05, 4.69) is 41.2 Å². The van der Waals surface area contributed by atoms with E-state index in [0.29, 0.717) is 19.8 Å². The van der Waals surface area contributed by atoms with Crippen LogP contribution >= 0.6 is 22.7 Å². The molecule has 10 heteroatoms. The smallest absolute Gasteiger partial charge is 0.131 e. The summed E-state index contributed by atoms with van der Waals surface area (Å²) < 4.78 is 0. The minimum atomic E-state index is 0.434. The second kappa shape index (κ2) is 9.00. The van der Waals surface area contributed by atoms with Crippen molar-refractivity contribution in [3.8, 4) is 21.1 Å². The molecule has 6 nitrogen and oxygen atoms in total. The van der Waals surface area contributed by atoms with Gasteiger partial charge in [-0.1, -0.05) is 13.2 Å². The molecule has 34 heavy (non-hydrogen) atoms. The summed E-state index contributed by atoms with van der Waals surface area (Å²) in [4.78, 5) is 33.1. The normalized spacial score (nSPS) is 13.4. The number of hydrogen-bond acceptors (Lipinski definition) is 8. The molecule has 3 radical (unpaired) electrons. The number of thiophene rings is 2. The molecule has 0 unspecified atom stereocenters. The molecule has 0 atom stereocenters. The first-order chi connectivity index (χ1) is 16.7. The van der Waals surface area contributed by atoms with Crippen LogP contribution in [0.25, 0.3) is 21.1 Å². The number of rotatable bonds is 7. The van der Waals surface area contributed by atoms with Crippen LogP contribution in [-0.2, 0) is 19.2 Å². The molecule has 0 bridgehead atoms. The average Bonchev–Trinajstić information content (AvgIpc) is 3.66. The van der Waals surface area contributed by atoms with Crippen molar-refractivity contribution in [3.63, 3.8) is 0 Å². The van der Waals surface area contributed by atoms with Crippen LogP contribution in [-0.4, -0.2) is 38.2 Å². The lowest BCUT2D eigenvalue weighted by Crippen LogP contribution is -2.33. The van der Waals surface area contributed by atoms with Gasteiger partial charge in [0, 0.05) is 42.6 Å². The summed E-state index contributed by atoms with van der Waals surface area (Å²) in [5.74, 6) is 0. The molecular weight excluding hydrogens is 458 g/mol. The highest BCUT2D eigenvalue weighted by Gasteiger charge is 2.17. The van der Waals surface area contributed by atoms with E-state index in [0.717, 1.165) is 66.4 Å². The Kier molecular flexibility index (Phi) is 5.71. The Bertz CT molecular complexity index is 1660. The van der Waals surface area contributed by atoms with Gasteiger partial charge in [-0.3, -0.25) is 29.9 Å². The summed E-state index contributed by atoms with van der Waals surface area (Å²) in [6, 6.07) is 8.48. The molecule has 0 amide bonds. The lowest BCUT2D eigenvalue weighted by Gasteiger charge is -2.05. The number of aromatic nitrogens is 2. The van der Waals surface area contributed by atoms with Crippen LogP contribution in [0.3, 0.4) is 0 Å². The summed E-state index contributed by atoms with van der Waals surface area (Å²) in [5.41, 5.74) is 3.89. The minimum absolute atomic E-state index is 0.434. The van der Waals surface area contributed by atoms with E-state index in [1.165, 1.54) is 9.75 Å². The van der Waals surface area contributed by atoms with Crippen molar-refractivity contribution >= 4 is 37.6 Å². The Labute approximate surface area is 206 Å². The van der Waals surface area contributed by atoms with Crippen molar-refractivity contribution < 1.29 is 0 Å². The maximum Gasteiger partial charge on any atom is 0.131 e. The number of hydrogen-bond donors (Lipinski definition) is 0. The summed E-state index contributed by atoms with van der Waals surface area (Å²) in [6.45, 7) is 3.05. The van der Waals surface area contributed by atoms with Gasteiger partial charge in [-0.2, -0.15) is 0 Å². The number of aryl methyl sites for hydroxylation is 1. The molecule has 0 saturated heterocycles. The molecule has 4 aromatic heterocycles. The van der Waals surface area contributed by atoms with Gasteiger partial charge in [-0.15, -0.1) is 22.7 Å². The van der Waals surface area contributed by atoms with Crippen molar-refractivity contribution in [1.82, 2.24) is 9.97 Å². The van der Waals surface area contributed by atoms with Gasteiger partial charge < -0.3 is 0 Å². The Morgan fingerprint density at radius 2 is 1.29 bits per heavy atom. The second-order valence-electron chi connectivity index (χ2n) is 8.08. The maximum atomic E-state index is 5.59. The Morgan fingerprint density at radius 1 is 0.765 bits per heavy atom. The van der Waals surface area contributed by atoms with Gasteiger partial charge in [-0.05, 0) is 35.6 Å². The molecule has 0 aliphatic carbocycles. The lowest BCUT2D eigenvalue weighted by atomic mass is 9.53. The Hall–Kier alpha value is -2.97. The van der Waals surface area contributed by atoms with Crippen molar-refractivity contribution in [3.05, 3.63) is 79.0 Å². The molecule has 0 N–H and O–H groups in total. The molecule has 0 aromatic carbocycles. The largest absolute Gasteiger partial charge is 0.259 e. The highest BCUT2D eigenvalue weighted by atomic mass is 32.1. The van der Waals surface area contributed by atoms with Crippen LogP contribution in [0.4, 0.5) is 0 Å². The molecular formula is C24H19B2N6S2. The SMILES string of the molecule is [B][B]Cc1ccc(-c2ncc(Cc3cnc(-c4ccc(CC)s4)c4c3=NCN=4)c3c2=NCN=3)s1. The fourth-order valence-corrected chi connectivity index (χ4v) is 6.24. The van der Waals surface area contributed by atoms with E-state index in [1.807, 2.05) is 12.4 Å². The summed E-state index contributed by atoms with van der Waals surface area (Å²) in [6.07, 6.45) is 6.27. The fraction of sp³-hybridized carbons (Fsp3) is 0.250. The summed E-state index contributed by atoms with van der Waals surface area (Å²) in [5, 5.41) is 3.62. The van der Waals surface area contributed by atoms with Gasteiger partial charge in [-0.25, -0.2) is 0 Å². The number of fused-ring (bicyclic) bond motifs is 2. The maximum absolute atomic E-state index is 5.59. The van der Waals surface area contributed by atoms with E-state index >= 15 is 0 Å². The molecule has 6 rings (SSSR count). The molecule has 2 aliphatic rings. The van der Waals surface area contributed by atoms with Crippen LogP contribution in [0.1, 0.15) is 27.8 Å². The quantitative estimate of drug-likeness (QED) is 0.381. The topological polar surface area (TPSA) is 75.2 Å². The van der Waals surface area contributed by atoms with Gasteiger partial charge in [0.15, 0.2) is 0 Å². The summed E-state index contributed by atoms with van der Waals surface area (Å²) in [7, 11) is 7.27. The van der Waals surface area contributed by atoms with Gasteiger partial charge in [0.1, 0.15) is 35.4 Å². The van der Waals surface area contributed by atoms with E-state index in [9.17, 15) is 0 Å². The monoisotopic (exact) mass is 477 g/mol. The predicted octanol–water partition coefficient (Wildman–Crippen LogP) is 1.80. The van der Waals surface area contributed by atoms with Crippen molar-refractivity contribution in [1.29, 1.82) is 0 Å². The third-order valence-electron chi connectivity index (χ3n) is 5.96. The molecule has 0 saturated carbocycles. The van der Waals surface area contributed by atoms with Gasteiger partial charge in [0.2, 0.25) is 0 Å². The number of pyridine rings is 2. The summed E-state index contributed by atoms with van der Waals surface area (Å²) >= 11 is 3.47. The standard InChI is InChI=1S/C24H19B2N6S2/c1-2-15-3-5-17(33-15)21-23-19(29-11-31-23)13(9-27-21)7-14-10-28-22(24-20(14)30-12-32-24)18-6-4-16(34-18)8-26-25/h3-6,9-10H,2,7-8,11-12H2,1H3.